The normalized spacial score (nSPS) is 11.9. The van der Waals surface area contributed by atoms with E-state index in [1.807, 2.05) is 29.5 Å². The molecule has 0 bridgehead atoms. The largest absolute Gasteiger partial charge is 0.455 e. The predicted molar refractivity (Wildman–Crippen MR) is 213 cm³/mol. The highest BCUT2D eigenvalue weighted by Crippen LogP contribution is 2.42. The van der Waals surface area contributed by atoms with Crippen molar-refractivity contribution in [3.8, 4) is 39.6 Å². The first-order chi connectivity index (χ1) is 25.3. The first-order valence-corrected chi connectivity index (χ1v) is 17.9. The summed E-state index contributed by atoms with van der Waals surface area (Å²) in [5.41, 5.74) is 9.98. The molecule has 0 saturated heterocycles. The Kier molecular flexibility index (Phi) is 6.09. The molecule has 11 rings (SSSR count). The lowest BCUT2D eigenvalue weighted by atomic mass is 10.0. The SMILES string of the molecule is c1ccc(-c2cc(-c3cccc4c3sc3ccccc34)nc(-c3cccc(-n4c5ccccc5c5c6oc7ccccc7c6ccc54)c3)n2)cc1. The molecule has 7 aromatic carbocycles. The zero-order valence-electron chi connectivity index (χ0n) is 27.2. The van der Waals surface area contributed by atoms with Gasteiger partial charge in [0, 0.05) is 58.7 Å². The quantitative estimate of drug-likeness (QED) is 0.187. The topological polar surface area (TPSA) is 43.9 Å². The van der Waals surface area contributed by atoms with Gasteiger partial charge in [-0.25, -0.2) is 9.97 Å². The van der Waals surface area contributed by atoms with Crippen molar-refractivity contribution in [1.29, 1.82) is 0 Å². The zero-order valence-corrected chi connectivity index (χ0v) is 28.1. The fraction of sp³-hybridized carbons (Fsp3) is 0. The second kappa shape index (κ2) is 11.0. The van der Waals surface area contributed by atoms with Crippen LogP contribution in [0.4, 0.5) is 0 Å². The minimum Gasteiger partial charge on any atom is -0.455 e. The van der Waals surface area contributed by atoms with Gasteiger partial charge in [-0.05, 0) is 48.5 Å². The average Bonchev–Trinajstić information content (AvgIpc) is 3.88. The van der Waals surface area contributed by atoms with Gasteiger partial charge in [-0.1, -0.05) is 115 Å². The van der Waals surface area contributed by atoms with Gasteiger partial charge in [-0.2, -0.15) is 0 Å². The highest BCUT2D eigenvalue weighted by molar-refractivity contribution is 7.26. The maximum Gasteiger partial charge on any atom is 0.160 e. The van der Waals surface area contributed by atoms with Crippen molar-refractivity contribution in [1.82, 2.24) is 14.5 Å². The van der Waals surface area contributed by atoms with Crippen LogP contribution < -0.4 is 0 Å². The summed E-state index contributed by atoms with van der Waals surface area (Å²) >= 11 is 1.82. The van der Waals surface area contributed by atoms with Crippen LogP contribution in [0.25, 0.3) is 104 Å². The molecule has 4 nitrogen and oxygen atoms in total. The number of thiophene rings is 1. The Bertz CT molecular complexity index is 3150. The van der Waals surface area contributed by atoms with Crippen LogP contribution in [-0.4, -0.2) is 14.5 Å². The summed E-state index contributed by atoms with van der Waals surface area (Å²) in [5, 5.41) is 7.05. The second-order valence-corrected chi connectivity index (χ2v) is 14.0. The zero-order chi connectivity index (χ0) is 33.5. The number of nitrogens with zero attached hydrogens (tertiary/aromatic N) is 3. The molecule has 0 amide bonds. The molecule has 5 heteroatoms. The van der Waals surface area contributed by atoms with E-state index in [-0.39, 0.29) is 0 Å². The van der Waals surface area contributed by atoms with Gasteiger partial charge in [0.15, 0.2) is 5.82 Å². The van der Waals surface area contributed by atoms with Crippen LogP contribution in [0.5, 0.6) is 0 Å². The van der Waals surface area contributed by atoms with E-state index in [1.54, 1.807) is 0 Å². The Morgan fingerprint density at radius 1 is 0.490 bits per heavy atom. The lowest BCUT2D eigenvalue weighted by Crippen LogP contribution is -1.98. The lowest BCUT2D eigenvalue weighted by molar-refractivity contribution is 0.673. The number of para-hydroxylation sites is 2. The third kappa shape index (κ3) is 4.32. The fourth-order valence-corrected chi connectivity index (χ4v) is 8.94. The minimum atomic E-state index is 0.687. The van der Waals surface area contributed by atoms with E-state index in [9.17, 15) is 0 Å². The van der Waals surface area contributed by atoms with Crippen LogP contribution in [0.1, 0.15) is 0 Å². The Morgan fingerprint density at radius 2 is 1.22 bits per heavy atom. The molecule has 51 heavy (non-hydrogen) atoms. The molecule has 0 aliphatic heterocycles. The third-order valence-corrected chi connectivity index (χ3v) is 11.2. The second-order valence-electron chi connectivity index (χ2n) is 12.9. The first-order valence-electron chi connectivity index (χ1n) is 17.1. The van der Waals surface area contributed by atoms with E-state index in [2.05, 4.69) is 150 Å². The maximum atomic E-state index is 6.54. The van der Waals surface area contributed by atoms with Crippen LogP contribution in [0.3, 0.4) is 0 Å². The van der Waals surface area contributed by atoms with E-state index in [4.69, 9.17) is 14.4 Å². The molecule has 11 aromatic rings. The van der Waals surface area contributed by atoms with E-state index in [0.717, 1.165) is 77.5 Å². The number of rotatable bonds is 4. The number of hydrogen-bond donors (Lipinski definition) is 0. The number of furan rings is 1. The van der Waals surface area contributed by atoms with E-state index in [1.165, 1.54) is 20.2 Å². The Morgan fingerprint density at radius 3 is 2.14 bits per heavy atom. The van der Waals surface area contributed by atoms with Crippen LogP contribution in [0, 0.1) is 0 Å². The van der Waals surface area contributed by atoms with E-state index >= 15 is 0 Å². The molecule has 0 unspecified atom stereocenters. The Labute approximate surface area is 296 Å². The maximum absolute atomic E-state index is 6.54. The lowest BCUT2D eigenvalue weighted by Gasteiger charge is -2.12. The number of hydrogen-bond acceptors (Lipinski definition) is 4. The summed E-state index contributed by atoms with van der Waals surface area (Å²) < 4.78 is 11.4. The monoisotopic (exact) mass is 669 g/mol. The standard InChI is InChI=1S/C46H27N3OS/c1-2-12-28(13-3-1)37-27-38(35-20-11-19-34-32-17-6-9-23-42(32)51-45(34)35)48-46(47-37)29-14-10-15-30(26-29)49-39-21-7-4-18-36(39)43-40(49)25-24-33-31-16-5-8-22-41(31)50-44(33)43/h1-27H. The first kappa shape index (κ1) is 28.3. The van der Waals surface area contributed by atoms with E-state index in [0.29, 0.717) is 5.82 Å². The van der Waals surface area contributed by atoms with E-state index < -0.39 is 0 Å². The van der Waals surface area contributed by atoms with Gasteiger partial charge in [-0.3, -0.25) is 0 Å². The smallest absolute Gasteiger partial charge is 0.160 e. The molecule has 0 atom stereocenters. The fourth-order valence-electron chi connectivity index (χ4n) is 7.72. The summed E-state index contributed by atoms with van der Waals surface area (Å²) in [6.45, 7) is 0. The van der Waals surface area contributed by atoms with Crippen molar-refractivity contribution in [2.45, 2.75) is 0 Å². The number of benzene rings is 7. The van der Waals surface area contributed by atoms with Crippen molar-refractivity contribution in [2.75, 3.05) is 0 Å². The minimum absolute atomic E-state index is 0.687. The molecule has 0 N–H and O–H groups in total. The molecular weight excluding hydrogens is 643 g/mol. The molecule has 0 aliphatic rings. The van der Waals surface area contributed by atoms with Crippen LogP contribution in [0.15, 0.2) is 168 Å². The molecule has 0 fully saturated rings. The molecule has 4 heterocycles. The average molecular weight is 670 g/mol. The van der Waals surface area contributed by atoms with Gasteiger partial charge in [0.1, 0.15) is 11.2 Å². The highest BCUT2D eigenvalue weighted by atomic mass is 32.1. The van der Waals surface area contributed by atoms with Crippen LogP contribution in [0.2, 0.25) is 0 Å². The van der Waals surface area contributed by atoms with Crippen molar-refractivity contribution in [3.63, 3.8) is 0 Å². The van der Waals surface area contributed by atoms with Gasteiger partial charge in [-0.15, -0.1) is 11.3 Å². The van der Waals surface area contributed by atoms with Crippen molar-refractivity contribution in [2.24, 2.45) is 0 Å². The van der Waals surface area contributed by atoms with Gasteiger partial charge in [0.05, 0.1) is 27.8 Å². The third-order valence-electron chi connectivity index (χ3n) is 10.0. The molecular formula is C46H27N3OS. The van der Waals surface area contributed by atoms with Crippen LogP contribution in [-0.2, 0) is 0 Å². The summed E-state index contributed by atoms with van der Waals surface area (Å²) in [5.74, 6) is 0.687. The summed E-state index contributed by atoms with van der Waals surface area (Å²) in [7, 11) is 0. The van der Waals surface area contributed by atoms with Crippen LogP contribution >= 0.6 is 11.3 Å². The van der Waals surface area contributed by atoms with Crippen molar-refractivity contribution >= 4 is 75.3 Å². The van der Waals surface area contributed by atoms with Gasteiger partial charge < -0.3 is 8.98 Å². The Balaban J connectivity index is 1.14. The van der Waals surface area contributed by atoms with Crippen molar-refractivity contribution < 1.29 is 4.42 Å². The molecule has 0 aliphatic carbocycles. The molecule has 0 saturated carbocycles. The number of fused-ring (bicyclic) bond motifs is 10. The van der Waals surface area contributed by atoms with Crippen molar-refractivity contribution in [3.05, 3.63) is 164 Å². The highest BCUT2D eigenvalue weighted by Gasteiger charge is 2.20. The van der Waals surface area contributed by atoms with Gasteiger partial charge in [0.2, 0.25) is 0 Å². The number of aromatic nitrogens is 3. The molecule has 238 valence electrons. The van der Waals surface area contributed by atoms with Gasteiger partial charge in [0.25, 0.3) is 0 Å². The Hall–Kier alpha value is -6.56. The molecule has 0 radical (unpaired) electrons. The molecule has 0 spiro atoms. The van der Waals surface area contributed by atoms with Gasteiger partial charge >= 0.3 is 0 Å². The summed E-state index contributed by atoms with van der Waals surface area (Å²) in [4.78, 5) is 10.5. The summed E-state index contributed by atoms with van der Waals surface area (Å²) in [6.07, 6.45) is 0. The molecule has 4 aromatic heterocycles. The summed E-state index contributed by atoms with van der Waals surface area (Å²) in [6, 6.07) is 57.6. The predicted octanol–water partition coefficient (Wildman–Crippen LogP) is 12.8.